The lowest BCUT2D eigenvalue weighted by Gasteiger charge is -2.33. The van der Waals surface area contributed by atoms with Crippen LogP contribution in [0.2, 0.25) is 0 Å². The van der Waals surface area contributed by atoms with Crippen molar-refractivity contribution in [3.63, 3.8) is 0 Å². The van der Waals surface area contributed by atoms with Gasteiger partial charge < -0.3 is 10.1 Å². The molecule has 1 aliphatic rings. The molecule has 2 rings (SSSR count). The van der Waals surface area contributed by atoms with Gasteiger partial charge in [0.05, 0.1) is 18.4 Å². The molecule has 1 aliphatic heterocycles. The largest absolute Gasteiger partial charge is 0.481 e. The number of rotatable bonds is 5. The van der Waals surface area contributed by atoms with E-state index < -0.39 is 0 Å². The van der Waals surface area contributed by atoms with Crippen LogP contribution < -0.4 is 10.1 Å². The SMILES string of the molecule is CCNCC1CCCCN(C)C1c1c(C)nn(C)c1OC. The van der Waals surface area contributed by atoms with Crippen molar-refractivity contribution in [3.05, 3.63) is 11.3 Å². The van der Waals surface area contributed by atoms with Crippen LogP contribution in [0, 0.1) is 12.8 Å². The average molecular weight is 294 g/mol. The van der Waals surface area contributed by atoms with Crippen LogP contribution in [0.1, 0.15) is 43.5 Å². The fourth-order valence-electron chi connectivity index (χ4n) is 3.66. The number of likely N-dealkylation sites (tertiary alicyclic amines) is 1. The Morgan fingerprint density at radius 3 is 2.76 bits per heavy atom. The number of hydrogen-bond acceptors (Lipinski definition) is 4. The Morgan fingerprint density at radius 1 is 1.33 bits per heavy atom. The fourth-order valence-corrected chi connectivity index (χ4v) is 3.66. The molecule has 5 nitrogen and oxygen atoms in total. The number of hydrogen-bond donors (Lipinski definition) is 1. The van der Waals surface area contributed by atoms with Gasteiger partial charge in [-0.15, -0.1) is 0 Å². The molecule has 2 atom stereocenters. The van der Waals surface area contributed by atoms with Gasteiger partial charge in [0.25, 0.3) is 0 Å². The van der Waals surface area contributed by atoms with Gasteiger partial charge in [0, 0.05) is 13.1 Å². The molecule has 0 bridgehead atoms. The summed E-state index contributed by atoms with van der Waals surface area (Å²) in [5, 5.41) is 8.12. The molecule has 2 heterocycles. The quantitative estimate of drug-likeness (QED) is 0.903. The van der Waals surface area contributed by atoms with E-state index in [-0.39, 0.29) is 0 Å². The molecule has 120 valence electrons. The first-order valence-corrected chi connectivity index (χ1v) is 8.08. The third-order valence-electron chi connectivity index (χ3n) is 4.62. The van der Waals surface area contributed by atoms with Crippen LogP contribution in [0.25, 0.3) is 0 Å². The number of nitrogens with one attached hydrogen (secondary N) is 1. The zero-order valence-corrected chi connectivity index (χ0v) is 14.1. The van der Waals surface area contributed by atoms with Gasteiger partial charge in [-0.1, -0.05) is 13.3 Å². The zero-order valence-electron chi connectivity index (χ0n) is 14.1. The van der Waals surface area contributed by atoms with E-state index in [1.165, 1.54) is 24.8 Å². The maximum absolute atomic E-state index is 5.65. The Kier molecular flexibility index (Phi) is 5.65. The lowest BCUT2D eigenvalue weighted by atomic mass is 9.89. The molecule has 2 unspecified atom stereocenters. The minimum atomic E-state index is 0.384. The van der Waals surface area contributed by atoms with Gasteiger partial charge in [-0.3, -0.25) is 4.90 Å². The van der Waals surface area contributed by atoms with Crippen molar-refractivity contribution >= 4 is 0 Å². The van der Waals surface area contributed by atoms with E-state index in [0.29, 0.717) is 12.0 Å². The lowest BCUT2D eigenvalue weighted by molar-refractivity contribution is 0.184. The van der Waals surface area contributed by atoms with Gasteiger partial charge in [0.1, 0.15) is 0 Å². The summed E-state index contributed by atoms with van der Waals surface area (Å²) in [6, 6.07) is 0.384. The van der Waals surface area contributed by atoms with Gasteiger partial charge in [0.2, 0.25) is 5.88 Å². The molecule has 0 aromatic carbocycles. The maximum Gasteiger partial charge on any atom is 0.216 e. The maximum atomic E-state index is 5.65. The number of aryl methyl sites for hydroxylation is 2. The van der Waals surface area contributed by atoms with Gasteiger partial charge in [-0.2, -0.15) is 5.10 Å². The monoisotopic (exact) mass is 294 g/mol. The molecule has 1 aromatic heterocycles. The predicted molar refractivity (Wildman–Crippen MR) is 85.8 cm³/mol. The molecule has 1 fully saturated rings. The first-order valence-electron chi connectivity index (χ1n) is 8.08. The number of nitrogens with zero attached hydrogens (tertiary/aromatic N) is 3. The van der Waals surface area contributed by atoms with E-state index in [0.717, 1.165) is 31.2 Å². The fraction of sp³-hybridized carbons (Fsp3) is 0.812. The minimum absolute atomic E-state index is 0.384. The summed E-state index contributed by atoms with van der Waals surface area (Å²) >= 11 is 0. The van der Waals surface area contributed by atoms with Crippen molar-refractivity contribution in [2.45, 2.75) is 39.2 Å². The second kappa shape index (κ2) is 7.27. The highest BCUT2D eigenvalue weighted by Crippen LogP contribution is 2.39. The molecule has 1 saturated heterocycles. The third kappa shape index (κ3) is 3.40. The summed E-state index contributed by atoms with van der Waals surface area (Å²) in [5.74, 6) is 1.52. The molecule has 0 aliphatic carbocycles. The first kappa shape index (κ1) is 16.3. The van der Waals surface area contributed by atoms with E-state index in [1.807, 2.05) is 11.7 Å². The molecule has 0 amide bonds. The predicted octanol–water partition coefficient (Wildman–Crippen LogP) is 2.12. The second-order valence-electron chi connectivity index (χ2n) is 6.12. The number of ether oxygens (including phenoxy) is 1. The van der Waals surface area contributed by atoms with Crippen molar-refractivity contribution in [1.29, 1.82) is 0 Å². The summed E-state index contributed by atoms with van der Waals surface area (Å²) in [5.41, 5.74) is 2.36. The van der Waals surface area contributed by atoms with E-state index in [1.54, 1.807) is 7.11 Å². The highest BCUT2D eigenvalue weighted by molar-refractivity contribution is 5.35. The van der Waals surface area contributed by atoms with E-state index in [9.17, 15) is 0 Å². The van der Waals surface area contributed by atoms with Crippen LogP contribution in [-0.2, 0) is 7.05 Å². The van der Waals surface area contributed by atoms with Crippen LogP contribution in [0.15, 0.2) is 0 Å². The minimum Gasteiger partial charge on any atom is -0.481 e. The van der Waals surface area contributed by atoms with E-state index in [2.05, 4.69) is 36.2 Å². The molecule has 1 aromatic rings. The van der Waals surface area contributed by atoms with Gasteiger partial charge >= 0.3 is 0 Å². The Balaban J connectivity index is 2.38. The summed E-state index contributed by atoms with van der Waals surface area (Å²) in [6.07, 6.45) is 3.84. The van der Waals surface area contributed by atoms with Crippen LogP contribution in [0.5, 0.6) is 5.88 Å². The summed E-state index contributed by atoms with van der Waals surface area (Å²) < 4.78 is 7.51. The zero-order chi connectivity index (χ0) is 15.4. The van der Waals surface area contributed by atoms with Crippen LogP contribution in [0.4, 0.5) is 0 Å². The summed E-state index contributed by atoms with van der Waals surface area (Å²) in [4.78, 5) is 2.49. The normalized spacial score (nSPS) is 24.0. The molecule has 5 heteroatoms. The first-order chi connectivity index (χ1) is 10.1. The molecular formula is C16H30N4O. The van der Waals surface area contributed by atoms with Gasteiger partial charge in [0.15, 0.2) is 0 Å². The van der Waals surface area contributed by atoms with Crippen LogP contribution in [-0.4, -0.2) is 48.5 Å². The summed E-state index contributed by atoms with van der Waals surface area (Å²) in [7, 11) is 5.95. The van der Waals surface area contributed by atoms with Crippen molar-refractivity contribution in [2.75, 3.05) is 33.8 Å². The molecule has 0 spiro atoms. The van der Waals surface area contributed by atoms with Gasteiger partial charge in [-0.05, 0) is 52.4 Å². The highest BCUT2D eigenvalue weighted by atomic mass is 16.5. The molecule has 1 N–H and O–H groups in total. The second-order valence-corrected chi connectivity index (χ2v) is 6.12. The molecule has 0 radical (unpaired) electrons. The number of aromatic nitrogens is 2. The highest BCUT2D eigenvalue weighted by Gasteiger charge is 2.34. The average Bonchev–Trinajstić information content (AvgIpc) is 2.62. The Labute approximate surface area is 128 Å². The lowest BCUT2D eigenvalue weighted by Crippen LogP contribution is -2.35. The number of methoxy groups -OCH3 is 1. The van der Waals surface area contributed by atoms with Crippen molar-refractivity contribution in [1.82, 2.24) is 20.0 Å². The molecular weight excluding hydrogens is 264 g/mol. The summed E-state index contributed by atoms with van der Waals surface area (Å²) in [6.45, 7) is 7.50. The Hall–Kier alpha value is -1.07. The smallest absolute Gasteiger partial charge is 0.216 e. The van der Waals surface area contributed by atoms with Crippen molar-refractivity contribution < 1.29 is 4.74 Å². The van der Waals surface area contributed by atoms with E-state index in [4.69, 9.17) is 4.74 Å². The Bertz CT molecular complexity index is 457. The molecule has 0 saturated carbocycles. The third-order valence-corrected chi connectivity index (χ3v) is 4.62. The Morgan fingerprint density at radius 2 is 2.10 bits per heavy atom. The van der Waals surface area contributed by atoms with E-state index >= 15 is 0 Å². The van der Waals surface area contributed by atoms with Crippen LogP contribution >= 0.6 is 0 Å². The van der Waals surface area contributed by atoms with Crippen molar-refractivity contribution in [3.8, 4) is 5.88 Å². The standard InChI is InChI=1S/C16H30N4O/c1-6-17-11-13-9-7-8-10-19(3)15(13)14-12(2)18-20(4)16(14)21-5/h13,15,17H,6-11H2,1-5H3. The van der Waals surface area contributed by atoms with Gasteiger partial charge in [-0.25, -0.2) is 4.68 Å². The topological polar surface area (TPSA) is 42.3 Å². The van der Waals surface area contributed by atoms with Crippen LogP contribution in [0.3, 0.4) is 0 Å². The van der Waals surface area contributed by atoms with Crippen molar-refractivity contribution in [2.24, 2.45) is 13.0 Å². The molecule has 21 heavy (non-hydrogen) atoms.